The van der Waals surface area contributed by atoms with Gasteiger partial charge in [0, 0.05) is 16.1 Å². The van der Waals surface area contributed by atoms with Gasteiger partial charge in [-0.15, -0.1) is 0 Å². The van der Waals surface area contributed by atoms with E-state index in [0.29, 0.717) is 17.2 Å². The quantitative estimate of drug-likeness (QED) is 0.865. The molecule has 0 unspecified atom stereocenters. The molecule has 0 aliphatic rings. The summed E-state index contributed by atoms with van der Waals surface area (Å²) in [5.74, 6) is -0.350. The first-order valence-electron chi connectivity index (χ1n) is 4.69. The van der Waals surface area contributed by atoms with Crippen LogP contribution >= 0.6 is 11.6 Å². The molecule has 0 aromatic heterocycles. The summed E-state index contributed by atoms with van der Waals surface area (Å²) in [5, 5.41) is 0.385. The monoisotopic (exact) mass is 231 g/mol. The van der Waals surface area contributed by atoms with Crippen LogP contribution in [0, 0.1) is 5.82 Å². The van der Waals surface area contributed by atoms with Crippen molar-refractivity contribution >= 4 is 11.6 Å². The van der Waals surface area contributed by atoms with Crippen LogP contribution in [0.4, 0.5) is 4.39 Å². The van der Waals surface area contributed by atoms with Crippen LogP contribution in [0.15, 0.2) is 18.2 Å². The molecule has 0 fully saturated rings. The minimum atomic E-state index is -0.400. The van der Waals surface area contributed by atoms with Gasteiger partial charge >= 0.3 is 0 Å². The Morgan fingerprint density at radius 3 is 2.67 bits per heavy atom. The fourth-order valence-electron chi connectivity index (χ4n) is 1.06. The Kier molecular flexibility index (Phi) is 4.08. The van der Waals surface area contributed by atoms with Gasteiger partial charge in [-0.25, -0.2) is 4.39 Å². The molecule has 15 heavy (non-hydrogen) atoms. The standard InChI is InChI=1S/C11H15ClFNO/c1-11(2,14)7-15-6-8-3-4-9(12)5-10(8)13/h3-5H,6-7,14H2,1-2H3. The number of ether oxygens (including phenoxy) is 1. The molecule has 0 saturated heterocycles. The Balaban J connectivity index is 2.51. The number of hydrogen-bond acceptors (Lipinski definition) is 2. The lowest BCUT2D eigenvalue weighted by atomic mass is 10.1. The Morgan fingerprint density at radius 2 is 2.13 bits per heavy atom. The summed E-state index contributed by atoms with van der Waals surface area (Å²) >= 11 is 5.62. The molecule has 0 aliphatic heterocycles. The number of benzene rings is 1. The van der Waals surface area contributed by atoms with Gasteiger partial charge in [-0.1, -0.05) is 17.7 Å². The first-order chi connectivity index (χ1) is 6.88. The second-order valence-corrected chi connectivity index (χ2v) is 4.65. The number of halogens is 2. The SMILES string of the molecule is CC(C)(N)COCc1ccc(Cl)cc1F. The predicted molar refractivity (Wildman–Crippen MR) is 59.3 cm³/mol. The van der Waals surface area contributed by atoms with Gasteiger partial charge < -0.3 is 10.5 Å². The zero-order valence-electron chi connectivity index (χ0n) is 8.89. The highest BCUT2D eigenvalue weighted by Crippen LogP contribution is 2.15. The predicted octanol–water partition coefficient (Wildman–Crippen LogP) is 2.73. The maximum Gasteiger partial charge on any atom is 0.130 e. The average molecular weight is 232 g/mol. The lowest BCUT2D eigenvalue weighted by Gasteiger charge is -2.18. The fourth-order valence-corrected chi connectivity index (χ4v) is 1.22. The third-order valence-corrected chi connectivity index (χ3v) is 1.98. The molecular formula is C11H15ClFNO. The third kappa shape index (κ3) is 4.60. The average Bonchev–Trinajstić information content (AvgIpc) is 2.07. The van der Waals surface area contributed by atoms with Gasteiger partial charge in [0.15, 0.2) is 0 Å². The van der Waals surface area contributed by atoms with E-state index < -0.39 is 5.54 Å². The lowest BCUT2D eigenvalue weighted by Crippen LogP contribution is -2.37. The minimum absolute atomic E-state index is 0.212. The summed E-state index contributed by atoms with van der Waals surface area (Å²) in [5.41, 5.74) is 5.81. The van der Waals surface area contributed by atoms with Crippen molar-refractivity contribution in [2.75, 3.05) is 6.61 Å². The number of nitrogens with two attached hydrogens (primary N) is 1. The highest BCUT2D eigenvalue weighted by Gasteiger charge is 2.11. The van der Waals surface area contributed by atoms with Gasteiger partial charge in [-0.2, -0.15) is 0 Å². The van der Waals surface area contributed by atoms with E-state index in [-0.39, 0.29) is 12.4 Å². The molecule has 2 N–H and O–H groups in total. The van der Waals surface area contributed by atoms with E-state index in [9.17, 15) is 4.39 Å². The first kappa shape index (κ1) is 12.4. The molecule has 0 spiro atoms. The molecular weight excluding hydrogens is 217 g/mol. The normalized spacial score (nSPS) is 11.8. The van der Waals surface area contributed by atoms with Gasteiger partial charge in [0.25, 0.3) is 0 Å². The fraction of sp³-hybridized carbons (Fsp3) is 0.455. The Bertz CT molecular complexity index is 336. The van der Waals surface area contributed by atoms with Crippen molar-refractivity contribution in [1.29, 1.82) is 0 Å². The van der Waals surface area contributed by atoms with Gasteiger partial charge in [-0.05, 0) is 26.0 Å². The molecule has 0 atom stereocenters. The summed E-state index contributed by atoms with van der Waals surface area (Å²) in [7, 11) is 0. The molecule has 0 saturated carbocycles. The molecule has 1 rings (SSSR count). The maximum absolute atomic E-state index is 13.3. The summed E-state index contributed by atoms with van der Waals surface area (Å²) in [4.78, 5) is 0. The van der Waals surface area contributed by atoms with Gasteiger partial charge in [0.2, 0.25) is 0 Å². The molecule has 0 heterocycles. The second kappa shape index (κ2) is 4.92. The van der Waals surface area contributed by atoms with Crippen molar-refractivity contribution in [3.8, 4) is 0 Å². The van der Waals surface area contributed by atoms with Crippen LogP contribution in [0.2, 0.25) is 5.02 Å². The first-order valence-corrected chi connectivity index (χ1v) is 5.07. The van der Waals surface area contributed by atoms with Crippen molar-refractivity contribution in [3.05, 3.63) is 34.6 Å². The Labute approximate surface area is 94.2 Å². The van der Waals surface area contributed by atoms with E-state index in [0.717, 1.165) is 0 Å². The zero-order valence-corrected chi connectivity index (χ0v) is 9.64. The molecule has 84 valence electrons. The van der Waals surface area contributed by atoms with E-state index in [1.165, 1.54) is 6.07 Å². The van der Waals surface area contributed by atoms with E-state index >= 15 is 0 Å². The molecule has 1 aromatic rings. The van der Waals surface area contributed by atoms with Gasteiger partial charge in [0.1, 0.15) is 5.82 Å². The second-order valence-electron chi connectivity index (χ2n) is 4.22. The van der Waals surface area contributed by atoms with E-state index in [4.69, 9.17) is 22.1 Å². The topological polar surface area (TPSA) is 35.2 Å². The largest absolute Gasteiger partial charge is 0.375 e. The van der Waals surface area contributed by atoms with E-state index in [1.54, 1.807) is 12.1 Å². The van der Waals surface area contributed by atoms with Crippen molar-refractivity contribution < 1.29 is 9.13 Å². The molecule has 0 amide bonds. The van der Waals surface area contributed by atoms with Crippen LogP contribution in [-0.2, 0) is 11.3 Å². The third-order valence-electron chi connectivity index (χ3n) is 1.75. The van der Waals surface area contributed by atoms with Crippen molar-refractivity contribution in [2.45, 2.75) is 26.0 Å². The summed E-state index contributed by atoms with van der Waals surface area (Å²) < 4.78 is 18.6. The molecule has 0 bridgehead atoms. The number of rotatable bonds is 4. The van der Waals surface area contributed by atoms with Crippen LogP contribution in [-0.4, -0.2) is 12.1 Å². The molecule has 1 aromatic carbocycles. The minimum Gasteiger partial charge on any atom is -0.375 e. The van der Waals surface area contributed by atoms with Gasteiger partial charge in [-0.3, -0.25) is 0 Å². The van der Waals surface area contributed by atoms with Gasteiger partial charge in [0.05, 0.1) is 13.2 Å². The summed E-state index contributed by atoms with van der Waals surface area (Å²) in [6.45, 7) is 4.30. The lowest BCUT2D eigenvalue weighted by molar-refractivity contribution is 0.0832. The van der Waals surface area contributed by atoms with Crippen molar-refractivity contribution in [1.82, 2.24) is 0 Å². The molecule has 4 heteroatoms. The van der Waals surface area contributed by atoms with Crippen molar-refractivity contribution in [2.24, 2.45) is 5.73 Å². The zero-order chi connectivity index (χ0) is 11.5. The van der Waals surface area contributed by atoms with Crippen LogP contribution in [0.3, 0.4) is 0 Å². The van der Waals surface area contributed by atoms with Crippen LogP contribution in [0.25, 0.3) is 0 Å². The molecule has 2 nitrogen and oxygen atoms in total. The number of hydrogen-bond donors (Lipinski definition) is 1. The molecule has 0 aliphatic carbocycles. The van der Waals surface area contributed by atoms with Crippen LogP contribution in [0.5, 0.6) is 0 Å². The summed E-state index contributed by atoms with van der Waals surface area (Å²) in [6, 6.07) is 4.52. The summed E-state index contributed by atoms with van der Waals surface area (Å²) in [6.07, 6.45) is 0. The Hall–Kier alpha value is -0.640. The van der Waals surface area contributed by atoms with Crippen LogP contribution < -0.4 is 5.73 Å². The van der Waals surface area contributed by atoms with Crippen molar-refractivity contribution in [3.63, 3.8) is 0 Å². The maximum atomic E-state index is 13.3. The smallest absolute Gasteiger partial charge is 0.130 e. The highest BCUT2D eigenvalue weighted by molar-refractivity contribution is 6.30. The van der Waals surface area contributed by atoms with Crippen LogP contribution in [0.1, 0.15) is 19.4 Å². The molecule has 0 radical (unpaired) electrons. The Morgan fingerprint density at radius 1 is 1.47 bits per heavy atom. The van der Waals surface area contributed by atoms with E-state index in [2.05, 4.69) is 0 Å². The highest BCUT2D eigenvalue weighted by atomic mass is 35.5. The van der Waals surface area contributed by atoms with E-state index in [1.807, 2.05) is 13.8 Å².